The molecule has 0 radical (unpaired) electrons. The van der Waals surface area contributed by atoms with Crippen LogP contribution in [-0.4, -0.2) is 45.0 Å². The third kappa shape index (κ3) is 4.46. The van der Waals surface area contributed by atoms with Gasteiger partial charge in [0.25, 0.3) is 0 Å². The molecule has 0 saturated carbocycles. The van der Waals surface area contributed by atoms with Crippen LogP contribution in [-0.2, 0) is 16.0 Å². The highest BCUT2D eigenvalue weighted by atomic mass is 32.2. The standard InChI is InChI=1S/C17H18F3N5O2S/c1-2-5-13-22-16(24-23-13)28-9-15(27)25-11-7-4-3-6-10(11)21-14(26)8-12(25)17(18,19)20/h3-4,6-7,12H,2,5,8-9H2,1H3,(H,21,26)(H,22,23,24). The van der Waals surface area contributed by atoms with Gasteiger partial charge in [-0.3, -0.25) is 19.6 Å². The lowest BCUT2D eigenvalue weighted by atomic mass is 10.1. The summed E-state index contributed by atoms with van der Waals surface area (Å²) in [7, 11) is 0. The number of halogens is 3. The van der Waals surface area contributed by atoms with Gasteiger partial charge in [-0.15, -0.1) is 5.10 Å². The molecule has 1 aliphatic rings. The molecule has 7 nitrogen and oxygen atoms in total. The number of aryl methyl sites for hydroxylation is 1. The number of carbonyl (C=O) groups is 2. The largest absolute Gasteiger partial charge is 0.409 e. The lowest BCUT2D eigenvalue weighted by molar-refractivity contribution is -0.157. The Labute approximate surface area is 163 Å². The smallest absolute Gasteiger partial charge is 0.324 e. The molecule has 2 N–H and O–H groups in total. The molecule has 0 spiro atoms. The summed E-state index contributed by atoms with van der Waals surface area (Å²) in [6.45, 7) is 1.97. The third-order valence-corrected chi connectivity index (χ3v) is 4.93. The maximum atomic E-state index is 13.6. The van der Waals surface area contributed by atoms with E-state index < -0.39 is 30.5 Å². The van der Waals surface area contributed by atoms with Crippen molar-refractivity contribution in [1.82, 2.24) is 15.2 Å². The van der Waals surface area contributed by atoms with Crippen molar-refractivity contribution in [2.24, 2.45) is 0 Å². The van der Waals surface area contributed by atoms with Gasteiger partial charge in [-0.2, -0.15) is 13.2 Å². The number of hydrogen-bond donors (Lipinski definition) is 2. The van der Waals surface area contributed by atoms with Crippen molar-refractivity contribution >= 4 is 35.0 Å². The molecule has 0 bridgehead atoms. The molecule has 3 rings (SSSR count). The number of nitrogens with one attached hydrogen (secondary N) is 2. The summed E-state index contributed by atoms with van der Waals surface area (Å²) < 4.78 is 40.9. The maximum Gasteiger partial charge on any atom is 0.409 e. The molecular formula is C17H18F3N5O2S. The number of H-pyrrole nitrogens is 1. The molecule has 1 atom stereocenters. The van der Waals surface area contributed by atoms with Crippen molar-refractivity contribution in [2.75, 3.05) is 16.0 Å². The number of aromatic nitrogens is 3. The minimum atomic E-state index is -4.76. The Morgan fingerprint density at radius 3 is 2.82 bits per heavy atom. The van der Waals surface area contributed by atoms with Crippen LogP contribution in [0, 0.1) is 0 Å². The molecule has 2 aromatic rings. The molecule has 0 fully saturated rings. The van der Waals surface area contributed by atoms with E-state index in [4.69, 9.17) is 0 Å². The molecule has 1 aromatic carbocycles. The topological polar surface area (TPSA) is 91.0 Å². The van der Waals surface area contributed by atoms with E-state index in [2.05, 4.69) is 20.5 Å². The van der Waals surface area contributed by atoms with Crippen molar-refractivity contribution < 1.29 is 22.8 Å². The van der Waals surface area contributed by atoms with Gasteiger partial charge in [-0.05, 0) is 18.6 Å². The van der Waals surface area contributed by atoms with Crippen LogP contribution >= 0.6 is 11.8 Å². The highest BCUT2D eigenvalue weighted by Gasteiger charge is 2.48. The second-order valence-electron chi connectivity index (χ2n) is 6.19. The van der Waals surface area contributed by atoms with Crippen molar-refractivity contribution in [2.45, 2.75) is 43.6 Å². The fourth-order valence-corrected chi connectivity index (χ4v) is 3.56. The van der Waals surface area contributed by atoms with E-state index in [1.165, 1.54) is 18.2 Å². The maximum absolute atomic E-state index is 13.6. The molecular weight excluding hydrogens is 395 g/mol. The third-order valence-electron chi connectivity index (χ3n) is 4.10. The average Bonchev–Trinajstić information content (AvgIpc) is 3.01. The van der Waals surface area contributed by atoms with Gasteiger partial charge < -0.3 is 5.32 Å². The number of thioether (sulfide) groups is 1. The number of fused-ring (bicyclic) bond motifs is 1. The number of benzene rings is 1. The quantitative estimate of drug-likeness (QED) is 0.735. The summed E-state index contributed by atoms with van der Waals surface area (Å²) >= 11 is 0.946. The molecule has 11 heteroatoms. The molecule has 150 valence electrons. The molecule has 0 saturated heterocycles. The van der Waals surface area contributed by atoms with Crippen molar-refractivity contribution in [3.05, 3.63) is 30.1 Å². The van der Waals surface area contributed by atoms with Crippen LogP contribution in [0.15, 0.2) is 29.4 Å². The number of aromatic amines is 1. The van der Waals surface area contributed by atoms with Crippen LogP contribution in [0.3, 0.4) is 0 Å². The fraction of sp³-hybridized carbons (Fsp3) is 0.412. The van der Waals surface area contributed by atoms with E-state index in [0.717, 1.165) is 18.2 Å². The van der Waals surface area contributed by atoms with Gasteiger partial charge in [0.2, 0.25) is 17.0 Å². The second-order valence-corrected chi connectivity index (χ2v) is 7.14. The van der Waals surface area contributed by atoms with Crippen molar-refractivity contribution in [3.8, 4) is 0 Å². The number of para-hydroxylation sites is 2. The van der Waals surface area contributed by atoms with E-state index in [1.54, 1.807) is 6.07 Å². The minimum Gasteiger partial charge on any atom is -0.324 e. The predicted octanol–water partition coefficient (Wildman–Crippen LogP) is 3.16. The number of alkyl halides is 3. The minimum absolute atomic E-state index is 0.0166. The number of hydrogen-bond acceptors (Lipinski definition) is 5. The number of nitrogens with zero attached hydrogens (tertiary/aromatic N) is 3. The first kappa shape index (κ1) is 20.2. The summed E-state index contributed by atoms with van der Waals surface area (Å²) in [4.78, 5) is 29.6. The Bertz CT molecular complexity index is 870. The number of rotatable bonds is 5. The van der Waals surface area contributed by atoms with E-state index in [-0.39, 0.29) is 22.3 Å². The monoisotopic (exact) mass is 413 g/mol. The normalized spacial score (nSPS) is 17.1. The molecule has 2 amide bonds. The van der Waals surface area contributed by atoms with E-state index >= 15 is 0 Å². The van der Waals surface area contributed by atoms with Gasteiger partial charge >= 0.3 is 6.18 Å². The summed E-state index contributed by atoms with van der Waals surface area (Å²) in [5, 5.41) is 9.42. The zero-order chi connectivity index (χ0) is 20.3. The Balaban J connectivity index is 1.86. The van der Waals surface area contributed by atoms with Gasteiger partial charge in [0, 0.05) is 6.42 Å². The van der Waals surface area contributed by atoms with Crippen LogP contribution in [0.5, 0.6) is 0 Å². The number of carbonyl (C=O) groups excluding carboxylic acids is 2. The SMILES string of the molecule is CCCc1nc(SCC(=O)N2c3ccccc3NC(=O)CC2C(F)(F)F)n[nH]1. The van der Waals surface area contributed by atoms with Crippen LogP contribution in [0.25, 0.3) is 0 Å². The molecule has 1 aliphatic heterocycles. The van der Waals surface area contributed by atoms with Gasteiger partial charge in [-0.25, -0.2) is 4.98 Å². The highest BCUT2D eigenvalue weighted by Crippen LogP contribution is 2.38. The van der Waals surface area contributed by atoms with Crippen molar-refractivity contribution in [3.63, 3.8) is 0 Å². The number of amides is 2. The molecule has 28 heavy (non-hydrogen) atoms. The lowest BCUT2D eigenvalue weighted by Crippen LogP contribution is -2.50. The van der Waals surface area contributed by atoms with Crippen molar-refractivity contribution in [1.29, 1.82) is 0 Å². The molecule has 1 unspecified atom stereocenters. The first-order chi connectivity index (χ1) is 13.3. The van der Waals surface area contributed by atoms with Gasteiger partial charge in [0.1, 0.15) is 11.9 Å². The molecule has 2 heterocycles. The highest BCUT2D eigenvalue weighted by molar-refractivity contribution is 7.99. The first-order valence-corrected chi connectivity index (χ1v) is 9.60. The zero-order valence-electron chi connectivity index (χ0n) is 14.9. The van der Waals surface area contributed by atoms with Crippen LogP contribution < -0.4 is 10.2 Å². The van der Waals surface area contributed by atoms with E-state index in [1.807, 2.05) is 6.92 Å². The Morgan fingerprint density at radius 2 is 2.11 bits per heavy atom. The zero-order valence-corrected chi connectivity index (χ0v) is 15.7. The fourth-order valence-electron chi connectivity index (χ4n) is 2.88. The number of anilines is 2. The average molecular weight is 413 g/mol. The van der Waals surface area contributed by atoms with Gasteiger partial charge in [-0.1, -0.05) is 30.8 Å². The summed E-state index contributed by atoms with van der Waals surface area (Å²) in [5.41, 5.74) is 0.184. The van der Waals surface area contributed by atoms with Gasteiger partial charge in [0.15, 0.2) is 0 Å². The summed E-state index contributed by atoms with van der Waals surface area (Å²) in [6, 6.07) is 3.70. The van der Waals surface area contributed by atoms with E-state index in [9.17, 15) is 22.8 Å². The Morgan fingerprint density at radius 1 is 1.36 bits per heavy atom. The lowest BCUT2D eigenvalue weighted by Gasteiger charge is -2.31. The Kier molecular flexibility index (Phi) is 5.92. The van der Waals surface area contributed by atoms with Crippen LogP contribution in [0.1, 0.15) is 25.6 Å². The van der Waals surface area contributed by atoms with Gasteiger partial charge in [0.05, 0.1) is 23.5 Å². The van der Waals surface area contributed by atoms with E-state index in [0.29, 0.717) is 17.1 Å². The Hall–Kier alpha value is -2.56. The van der Waals surface area contributed by atoms with Crippen LogP contribution in [0.4, 0.5) is 24.5 Å². The second kappa shape index (κ2) is 8.21. The summed E-state index contributed by atoms with van der Waals surface area (Å²) in [5.74, 6) is -1.21. The molecule has 1 aromatic heterocycles. The first-order valence-electron chi connectivity index (χ1n) is 8.61. The summed E-state index contributed by atoms with van der Waals surface area (Å²) in [6.07, 6.45) is -4.08. The predicted molar refractivity (Wildman–Crippen MR) is 98.1 cm³/mol. The molecule has 0 aliphatic carbocycles. The van der Waals surface area contributed by atoms with Crippen LogP contribution in [0.2, 0.25) is 0 Å².